The van der Waals surface area contributed by atoms with Crippen molar-refractivity contribution >= 4 is 24.2 Å². The van der Waals surface area contributed by atoms with Crippen molar-refractivity contribution in [3.8, 4) is 5.75 Å². The maximum absolute atomic E-state index is 13.9. The molecule has 0 saturated heterocycles. The Morgan fingerprint density at radius 3 is 2.55 bits per heavy atom. The van der Waals surface area contributed by atoms with Crippen LogP contribution in [0, 0.1) is 0 Å². The normalized spacial score (nSPS) is 16.1. The molecule has 33 heavy (non-hydrogen) atoms. The quantitative estimate of drug-likeness (QED) is 0.603. The van der Waals surface area contributed by atoms with Crippen LogP contribution in [0.2, 0.25) is 0 Å². The number of amides is 2. The molecule has 0 bridgehead atoms. The molecule has 180 valence electrons. The number of rotatable bonds is 9. The molecule has 2 amide bonds. The third-order valence-electron chi connectivity index (χ3n) is 5.40. The zero-order chi connectivity index (χ0) is 22.9. The predicted octanol–water partition coefficient (Wildman–Crippen LogP) is 2.52. The van der Waals surface area contributed by atoms with Gasteiger partial charge in [-0.1, -0.05) is 48.5 Å². The summed E-state index contributed by atoms with van der Waals surface area (Å²) in [6.07, 6.45) is 0.408. The fraction of sp³-hybridized carbons (Fsp3) is 0.440. The van der Waals surface area contributed by atoms with Crippen molar-refractivity contribution in [3.05, 3.63) is 65.7 Å². The number of ether oxygens (including phenoxy) is 2. The molecule has 0 spiro atoms. The molecule has 2 unspecified atom stereocenters. The standard InChI is InChI=1S/C25H33N3O4.ClH/c1-4-31-18-24(29)26-22(14-19-10-6-5-7-11-19)25(30)28-15-20-12-8-9-13-23(20)32-17-21(28)16-27(2)3;/h5-13,21-22H,4,14-18H2,1-3H3,(H,26,29);1H. The zero-order valence-electron chi connectivity index (χ0n) is 19.5. The number of carbonyl (C=O) groups excluding carboxylic acids is 2. The maximum Gasteiger partial charge on any atom is 0.246 e. The van der Waals surface area contributed by atoms with Crippen LogP contribution in [0.1, 0.15) is 18.1 Å². The van der Waals surface area contributed by atoms with Crippen molar-refractivity contribution in [2.75, 3.05) is 40.5 Å². The van der Waals surface area contributed by atoms with E-state index in [4.69, 9.17) is 9.47 Å². The van der Waals surface area contributed by atoms with E-state index in [1.165, 1.54) is 0 Å². The zero-order valence-corrected chi connectivity index (χ0v) is 20.3. The molecular weight excluding hydrogens is 442 g/mol. The Hall–Kier alpha value is -2.61. The van der Waals surface area contributed by atoms with Crippen molar-refractivity contribution in [2.45, 2.75) is 32.0 Å². The summed E-state index contributed by atoms with van der Waals surface area (Å²) in [6.45, 7) is 3.69. The van der Waals surface area contributed by atoms with Crippen LogP contribution in [0.3, 0.4) is 0 Å². The third-order valence-corrected chi connectivity index (χ3v) is 5.40. The molecular formula is C25H34ClN3O4. The molecule has 0 aliphatic carbocycles. The van der Waals surface area contributed by atoms with Crippen LogP contribution in [-0.4, -0.2) is 74.2 Å². The Morgan fingerprint density at radius 1 is 1.15 bits per heavy atom. The van der Waals surface area contributed by atoms with Crippen LogP contribution in [0.5, 0.6) is 5.75 Å². The first kappa shape index (κ1) is 26.6. The van der Waals surface area contributed by atoms with Gasteiger partial charge in [0.2, 0.25) is 11.8 Å². The molecule has 1 aliphatic rings. The lowest BCUT2D eigenvalue weighted by Crippen LogP contribution is -2.55. The highest BCUT2D eigenvalue weighted by Crippen LogP contribution is 2.26. The molecule has 2 aromatic rings. The Balaban J connectivity index is 0.00000385. The molecule has 0 saturated carbocycles. The summed E-state index contributed by atoms with van der Waals surface area (Å²) in [7, 11) is 3.96. The number of carbonyl (C=O) groups is 2. The minimum Gasteiger partial charge on any atom is -0.491 e. The first-order valence-corrected chi connectivity index (χ1v) is 11.0. The summed E-state index contributed by atoms with van der Waals surface area (Å²) < 4.78 is 11.3. The second-order valence-corrected chi connectivity index (χ2v) is 8.25. The van der Waals surface area contributed by atoms with E-state index >= 15 is 0 Å². The number of halogens is 1. The van der Waals surface area contributed by atoms with Gasteiger partial charge in [-0.2, -0.15) is 0 Å². The predicted molar refractivity (Wildman–Crippen MR) is 131 cm³/mol. The van der Waals surface area contributed by atoms with Crippen LogP contribution in [0.25, 0.3) is 0 Å². The van der Waals surface area contributed by atoms with E-state index in [0.29, 0.717) is 32.7 Å². The largest absolute Gasteiger partial charge is 0.491 e. The van der Waals surface area contributed by atoms with E-state index in [9.17, 15) is 9.59 Å². The van der Waals surface area contributed by atoms with E-state index in [2.05, 4.69) is 5.32 Å². The van der Waals surface area contributed by atoms with Crippen LogP contribution in [0.4, 0.5) is 0 Å². The van der Waals surface area contributed by atoms with E-state index in [1.54, 1.807) is 0 Å². The first-order valence-electron chi connectivity index (χ1n) is 11.0. The topological polar surface area (TPSA) is 71.1 Å². The monoisotopic (exact) mass is 475 g/mol. The van der Waals surface area contributed by atoms with Crippen LogP contribution >= 0.6 is 12.4 Å². The Labute approximate surface area is 202 Å². The van der Waals surface area contributed by atoms with Gasteiger partial charge in [0.1, 0.15) is 25.0 Å². The van der Waals surface area contributed by atoms with Gasteiger partial charge in [0.05, 0.1) is 6.04 Å². The summed E-state index contributed by atoms with van der Waals surface area (Å²) in [5.74, 6) is 0.383. The van der Waals surface area contributed by atoms with Gasteiger partial charge in [0.25, 0.3) is 0 Å². The van der Waals surface area contributed by atoms with Crippen molar-refractivity contribution in [1.29, 1.82) is 0 Å². The molecule has 1 N–H and O–H groups in total. The molecule has 0 aromatic heterocycles. The van der Waals surface area contributed by atoms with Crippen LogP contribution in [0.15, 0.2) is 54.6 Å². The molecule has 0 fully saturated rings. The number of likely N-dealkylation sites (N-methyl/N-ethyl adjacent to an activating group) is 1. The van der Waals surface area contributed by atoms with Crippen molar-refractivity contribution in [1.82, 2.24) is 15.1 Å². The van der Waals surface area contributed by atoms with Gasteiger partial charge in [0.15, 0.2) is 0 Å². The average molecular weight is 476 g/mol. The Kier molecular flexibility index (Phi) is 10.6. The number of nitrogens with zero attached hydrogens (tertiary/aromatic N) is 2. The number of para-hydroxylation sites is 1. The highest BCUT2D eigenvalue weighted by molar-refractivity contribution is 5.88. The SMILES string of the molecule is CCOCC(=O)NC(Cc1ccccc1)C(=O)N1Cc2ccccc2OCC1CN(C)C.Cl. The van der Waals surface area contributed by atoms with E-state index in [0.717, 1.165) is 16.9 Å². The Morgan fingerprint density at radius 2 is 1.85 bits per heavy atom. The van der Waals surface area contributed by atoms with E-state index in [1.807, 2.05) is 85.4 Å². The number of benzene rings is 2. The second-order valence-electron chi connectivity index (χ2n) is 8.25. The molecule has 3 rings (SSSR count). The van der Waals surface area contributed by atoms with Crippen molar-refractivity contribution in [2.24, 2.45) is 0 Å². The summed E-state index contributed by atoms with van der Waals surface area (Å²) in [6, 6.07) is 16.7. The second kappa shape index (κ2) is 13.2. The van der Waals surface area contributed by atoms with Gasteiger partial charge in [-0.3, -0.25) is 9.59 Å². The van der Waals surface area contributed by atoms with Crippen LogP contribution in [-0.2, 0) is 27.3 Å². The number of hydrogen-bond acceptors (Lipinski definition) is 5. The van der Waals surface area contributed by atoms with Gasteiger partial charge < -0.3 is 24.6 Å². The van der Waals surface area contributed by atoms with Gasteiger partial charge in [-0.05, 0) is 32.6 Å². The number of nitrogens with one attached hydrogen (secondary N) is 1. The van der Waals surface area contributed by atoms with Gasteiger partial charge in [0, 0.05) is 31.7 Å². The molecule has 2 atom stereocenters. The van der Waals surface area contributed by atoms with E-state index in [-0.39, 0.29) is 36.9 Å². The lowest BCUT2D eigenvalue weighted by atomic mass is 10.0. The molecule has 8 heteroatoms. The minimum atomic E-state index is -0.694. The first-order chi connectivity index (χ1) is 15.5. The average Bonchev–Trinajstić information content (AvgIpc) is 2.97. The number of hydrogen-bond donors (Lipinski definition) is 1. The maximum atomic E-state index is 13.9. The summed E-state index contributed by atoms with van der Waals surface area (Å²) in [4.78, 5) is 30.2. The molecule has 0 radical (unpaired) electrons. The van der Waals surface area contributed by atoms with Crippen molar-refractivity contribution in [3.63, 3.8) is 0 Å². The third kappa shape index (κ3) is 7.74. The smallest absolute Gasteiger partial charge is 0.246 e. The summed E-state index contributed by atoms with van der Waals surface area (Å²) >= 11 is 0. The lowest BCUT2D eigenvalue weighted by molar-refractivity contribution is -0.140. The summed E-state index contributed by atoms with van der Waals surface area (Å²) in [5.41, 5.74) is 1.94. The van der Waals surface area contributed by atoms with Gasteiger partial charge in [-0.15, -0.1) is 12.4 Å². The van der Waals surface area contributed by atoms with Gasteiger partial charge >= 0.3 is 0 Å². The highest BCUT2D eigenvalue weighted by Gasteiger charge is 2.34. The molecule has 1 aliphatic heterocycles. The van der Waals surface area contributed by atoms with Crippen LogP contribution < -0.4 is 10.1 Å². The lowest BCUT2D eigenvalue weighted by Gasteiger charge is -2.34. The molecule has 2 aromatic carbocycles. The van der Waals surface area contributed by atoms with Gasteiger partial charge in [-0.25, -0.2) is 0 Å². The fourth-order valence-corrected chi connectivity index (χ4v) is 3.88. The highest BCUT2D eigenvalue weighted by atomic mass is 35.5. The van der Waals surface area contributed by atoms with Crippen molar-refractivity contribution < 1.29 is 19.1 Å². The van der Waals surface area contributed by atoms with E-state index < -0.39 is 6.04 Å². The Bertz CT molecular complexity index is 894. The molecule has 1 heterocycles. The minimum absolute atomic E-state index is 0. The summed E-state index contributed by atoms with van der Waals surface area (Å²) in [5, 5.41) is 2.91. The number of fused-ring (bicyclic) bond motifs is 1. The fourth-order valence-electron chi connectivity index (χ4n) is 3.88. The molecule has 7 nitrogen and oxygen atoms in total.